The van der Waals surface area contributed by atoms with Crippen LogP contribution in [0.5, 0.6) is 0 Å². The summed E-state index contributed by atoms with van der Waals surface area (Å²) in [5.41, 5.74) is 3.07. The molecule has 1 fully saturated rings. The van der Waals surface area contributed by atoms with Gasteiger partial charge in [0.05, 0.1) is 11.1 Å². The standard InChI is InChI=1S/C14H22ClN5/c1-9(15)13-16-12-10(2)17-19(4)14(12)20(13)11-6-5-7-18(3)8-11/h9,11H,5-8H2,1-4H3. The average molecular weight is 296 g/mol. The van der Waals surface area contributed by atoms with Crippen LogP contribution in [0.2, 0.25) is 0 Å². The molecule has 5 nitrogen and oxygen atoms in total. The van der Waals surface area contributed by atoms with Gasteiger partial charge in [0.25, 0.3) is 0 Å². The maximum Gasteiger partial charge on any atom is 0.159 e. The van der Waals surface area contributed by atoms with Gasteiger partial charge in [-0.3, -0.25) is 4.68 Å². The molecule has 110 valence electrons. The Hall–Kier alpha value is -1.07. The molecule has 0 aromatic carbocycles. The SMILES string of the molecule is Cc1nn(C)c2c1nc(C(C)Cl)n2C1CCCN(C)C1. The number of hydrogen-bond donors (Lipinski definition) is 0. The minimum absolute atomic E-state index is 0.0889. The van der Waals surface area contributed by atoms with E-state index >= 15 is 0 Å². The third-order valence-corrected chi connectivity index (χ3v) is 4.38. The minimum atomic E-state index is -0.0889. The number of alkyl halides is 1. The van der Waals surface area contributed by atoms with Gasteiger partial charge in [-0.25, -0.2) is 4.98 Å². The smallest absolute Gasteiger partial charge is 0.159 e. The van der Waals surface area contributed by atoms with Crippen LogP contribution in [0.1, 0.15) is 42.7 Å². The average Bonchev–Trinajstić information content (AvgIpc) is 2.89. The molecule has 1 aliphatic rings. The van der Waals surface area contributed by atoms with Crippen LogP contribution in [-0.4, -0.2) is 44.4 Å². The summed E-state index contributed by atoms with van der Waals surface area (Å²) >= 11 is 6.37. The van der Waals surface area contributed by atoms with Gasteiger partial charge in [0.1, 0.15) is 11.3 Å². The van der Waals surface area contributed by atoms with E-state index in [4.69, 9.17) is 16.6 Å². The first-order valence-electron chi connectivity index (χ1n) is 7.23. The number of rotatable bonds is 2. The van der Waals surface area contributed by atoms with E-state index in [-0.39, 0.29) is 5.38 Å². The quantitative estimate of drug-likeness (QED) is 0.800. The largest absolute Gasteiger partial charge is 0.307 e. The van der Waals surface area contributed by atoms with Crippen LogP contribution in [0.3, 0.4) is 0 Å². The number of likely N-dealkylation sites (tertiary alicyclic amines) is 1. The van der Waals surface area contributed by atoms with E-state index in [2.05, 4.69) is 21.6 Å². The van der Waals surface area contributed by atoms with Crippen molar-refractivity contribution in [2.24, 2.45) is 7.05 Å². The van der Waals surface area contributed by atoms with Gasteiger partial charge in [-0.2, -0.15) is 5.10 Å². The number of aromatic nitrogens is 4. The van der Waals surface area contributed by atoms with Crippen LogP contribution in [-0.2, 0) is 7.05 Å². The number of fused-ring (bicyclic) bond motifs is 1. The molecule has 2 aromatic heterocycles. The topological polar surface area (TPSA) is 38.9 Å². The Labute approximate surface area is 124 Å². The van der Waals surface area contributed by atoms with Gasteiger partial charge in [0, 0.05) is 19.6 Å². The van der Waals surface area contributed by atoms with E-state index in [0.717, 1.165) is 29.2 Å². The van der Waals surface area contributed by atoms with Crippen molar-refractivity contribution in [1.29, 1.82) is 0 Å². The lowest BCUT2D eigenvalue weighted by atomic mass is 10.1. The monoisotopic (exact) mass is 295 g/mol. The number of aryl methyl sites for hydroxylation is 2. The van der Waals surface area contributed by atoms with E-state index in [0.29, 0.717) is 6.04 Å². The Balaban J connectivity index is 2.17. The van der Waals surface area contributed by atoms with Crippen LogP contribution in [0, 0.1) is 6.92 Å². The van der Waals surface area contributed by atoms with Gasteiger partial charge in [-0.05, 0) is 40.3 Å². The zero-order valence-corrected chi connectivity index (χ0v) is 13.4. The van der Waals surface area contributed by atoms with Crippen LogP contribution in [0.4, 0.5) is 0 Å². The van der Waals surface area contributed by atoms with Gasteiger partial charge in [0.2, 0.25) is 0 Å². The molecule has 0 spiro atoms. The van der Waals surface area contributed by atoms with Crippen molar-refractivity contribution in [3.63, 3.8) is 0 Å². The predicted molar refractivity (Wildman–Crippen MR) is 81.3 cm³/mol. The maximum absolute atomic E-state index is 6.37. The molecule has 6 heteroatoms. The molecule has 3 heterocycles. The van der Waals surface area contributed by atoms with Gasteiger partial charge in [-0.1, -0.05) is 0 Å². The molecular weight excluding hydrogens is 274 g/mol. The van der Waals surface area contributed by atoms with E-state index < -0.39 is 0 Å². The highest BCUT2D eigenvalue weighted by atomic mass is 35.5. The summed E-state index contributed by atoms with van der Waals surface area (Å²) in [5.74, 6) is 0.970. The summed E-state index contributed by atoms with van der Waals surface area (Å²) in [6, 6.07) is 0.435. The molecule has 0 saturated carbocycles. The summed E-state index contributed by atoms with van der Waals surface area (Å²) in [6.07, 6.45) is 2.39. The highest BCUT2D eigenvalue weighted by Gasteiger charge is 2.27. The lowest BCUT2D eigenvalue weighted by Gasteiger charge is -2.32. The first-order valence-corrected chi connectivity index (χ1v) is 7.66. The van der Waals surface area contributed by atoms with Crippen molar-refractivity contribution in [2.45, 2.75) is 38.1 Å². The molecule has 20 heavy (non-hydrogen) atoms. The second-order valence-electron chi connectivity index (χ2n) is 5.90. The molecule has 2 atom stereocenters. The van der Waals surface area contributed by atoms with Crippen LogP contribution < -0.4 is 0 Å². The highest BCUT2D eigenvalue weighted by molar-refractivity contribution is 6.20. The highest BCUT2D eigenvalue weighted by Crippen LogP contribution is 2.32. The molecular formula is C14H22ClN5. The molecule has 2 aromatic rings. The Morgan fingerprint density at radius 1 is 1.35 bits per heavy atom. The third-order valence-electron chi connectivity index (χ3n) is 4.18. The number of halogens is 1. The van der Waals surface area contributed by atoms with Crippen molar-refractivity contribution in [3.05, 3.63) is 11.5 Å². The van der Waals surface area contributed by atoms with E-state index in [9.17, 15) is 0 Å². The van der Waals surface area contributed by atoms with Gasteiger partial charge < -0.3 is 9.47 Å². The molecule has 0 radical (unpaired) electrons. The molecule has 1 aliphatic heterocycles. The Morgan fingerprint density at radius 3 is 2.75 bits per heavy atom. The van der Waals surface area contributed by atoms with Gasteiger partial charge in [-0.15, -0.1) is 11.6 Å². The summed E-state index contributed by atoms with van der Waals surface area (Å²) < 4.78 is 4.26. The lowest BCUT2D eigenvalue weighted by molar-refractivity contribution is 0.211. The summed E-state index contributed by atoms with van der Waals surface area (Å²) in [5, 5.41) is 4.41. The second-order valence-corrected chi connectivity index (χ2v) is 6.55. The van der Waals surface area contributed by atoms with Crippen LogP contribution in [0.15, 0.2) is 0 Å². The first kappa shape index (κ1) is 13.9. The molecule has 2 unspecified atom stereocenters. The van der Waals surface area contributed by atoms with E-state index in [1.54, 1.807) is 0 Å². The van der Waals surface area contributed by atoms with Crippen molar-refractivity contribution >= 4 is 22.8 Å². The van der Waals surface area contributed by atoms with E-state index in [1.165, 1.54) is 19.4 Å². The number of nitrogens with zero attached hydrogens (tertiary/aromatic N) is 5. The Morgan fingerprint density at radius 2 is 2.10 bits per heavy atom. The molecule has 1 saturated heterocycles. The zero-order valence-electron chi connectivity index (χ0n) is 12.6. The van der Waals surface area contributed by atoms with Crippen molar-refractivity contribution in [2.75, 3.05) is 20.1 Å². The molecule has 0 N–H and O–H groups in total. The number of hydrogen-bond acceptors (Lipinski definition) is 3. The molecule has 0 bridgehead atoms. The number of likely N-dealkylation sites (N-methyl/N-ethyl adjacent to an activating group) is 1. The van der Waals surface area contributed by atoms with Crippen molar-refractivity contribution < 1.29 is 0 Å². The minimum Gasteiger partial charge on any atom is -0.307 e. The van der Waals surface area contributed by atoms with Crippen LogP contribution >= 0.6 is 11.6 Å². The first-order chi connectivity index (χ1) is 9.49. The lowest BCUT2D eigenvalue weighted by Crippen LogP contribution is -2.34. The Bertz CT molecular complexity index is 627. The number of imidazole rings is 1. The number of piperidine rings is 1. The normalized spacial score (nSPS) is 22.6. The van der Waals surface area contributed by atoms with Crippen LogP contribution in [0.25, 0.3) is 11.2 Å². The van der Waals surface area contributed by atoms with E-state index in [1.807, 2.05) is 25.6 Å². The fraction of sp³-hybridized carbons (Fsp3) is 0.714. The molecule has 0 aliphatic carbocycles. The third kappa shape index (κ3) is 2.13. The fourth-order valence-electron chi connectivity index (χ4n) is 3.30. The maximum atomic E-state index is 6.37. The summed E-state index contributed by atoms with van der Waals surface area (Å²) in [7, 11) is 4.17. The molecule has 3 rings (SSSR count). The van der Waals surface area contributed by atoms with Gasteiger partial charge in [0.15, 0.2) is 5.65 Å². The zero-order chi connectivity index (χ0) is 14.4. The summed E-state index contributed by atoms with van der Waals surface area (Å²) in [4.78, 5) is 7.14. The van der Waals surface area contributed by atoms with Gasteiger partial charge >= 0.3 is 0 Å². The predicted octanol–water partition coefficient (Wildman–Crippen LogP) is 2.64. The molecule has 0 amide bonds. The van der Waals surface area contributed by atoms with Crippen molar-refractivity contribution in [3.8, 4) is 0 Å². The fourth-order valence-corrected chi connectivity index (χ4v) is 3.46. The summed E-state index contributed by atoms with van der Waals surface area (Å²) in [6.45, 7) is 6.22. The second kappa shape index (κ2) is 5.04. The van der Waals surface area contributed by atoms with Crippen molar-refractivity contribution in [1.82, 2.24) is 24.2 Å². The Kier molecular flexibility index (Phi) is 3.50.